The first-order valence-electron chi connectivity index (χ1n) is 10.6. The molecule has 2 aromatic heterocycles. The van der Waals surface area contributed by atoms with E-state index < -0.39 is 5.54 Å². The van der Waals surface area contributed by atoms with Gasteiger partial charge in [-0.05, 0) is 66.0 Å². The summed E-state index contributed by atoms with van der Waals surface area (Å²) in [6, 6.07) is 6.77. The number of nitrogens with one attached hydrogen (secondary N) is 3. The number of carbonyl (C=O) groups is 1. The molecular formula is C23H29Cl2N7O. The number of carbonyl (C=O) groups excluding carboxylic acids is 1. The Bertz CT molecular complexity index is 1130. The highest BCUT2D eigenvalue weighted by Gasteiger charge is 2.18. The highest BCUT2D eigenvalue weighted by molar-refractivity contribution is 6.39. The fourth-order valence-corrected chi connectivity index (χ4v) is 3.79. The Labute approximate surface area is 204 Å². The summed E-state index contributed by atoms with van der Waals surface area (Å²) in [5.74, 6) is 0.734. The average molecular weight is 490 g/mol. The van der Waals surface area contributed by atoms with Gasteiger partial charge in [-0.2, -0.15) is 9.97 Å². The highest BCUT2D eigenvalue weighted by Crippen LogP contribution is 2.36. The molecule has 0 radical (unpaired) electrons. The minimum atomic E-state index is -0.408. The molecule has 3 rings (SSSR count). The van der Waals surface area contributed by atoms with E-state index in [1.54, 1.807) is 24.4 Å². The van der Waals surface area contributed by atoms with Gasteiger partial charge in [0.25, 0.3) is 0 Å². The Morgan fingerprint density at radius 1 is 1.12 bits per heavy atom. The van der Waals surface area contributed by atoms with Gasteiger partial charge in [-0.1, -0.05) is 29.3 Å². The van der Waals surface area contributed by atoms with Gasteiger partial charge in [0.1, 0.15) is 5.82 Å². The summed E-state index contributed by atoms with van der Waals surface area (Å²) in [4.78, 5) is 28.3. The molecule has 2 heterocycles. The standard InChI is InChI=1S/C23H29Cl2N7O/c1-23(2,3)31-22(33)30-20-15-12-14(18-16(24)8-6-9-17(18)25)13-27-19(15)28-21(29-20)26-10-7-11-32(4)5/h6,8-9,12-13H,7,10-11H2,1-5H3,(H3,26,27,28,29,30,31,33). The van der Waals surface area contributed by atoms with Crippen LogP contribution in [0.3, 0.4) is 0 Å². The summed E-state index contributed by atoms with van der Waals surface area (Å²) in [5.41, 5.74) is 1.39. The topological polar surface area (TPSA) is 95.1 Å². The number of amides is 2. The van der Waals surface area contributed by atoms with Crippen LogP contribution < -0.4 is 16.0 Å². The second-order valence-electron chi connectivity index (χ2n) is 9.00. The maximum absolute atomic E-state index is 12.6. The largest absolute Gasteiger partial charge is 0.354 e. The van der Waals surface area contributed by atoms with E-state index in [4.69, 9.17) is 23.2 Å². The van der Waals surface area contributed by atoms with Crippen molar-refractivity contribution in [1.29, 1.82) is 0 Å². The lowest BCUT2D eigenvalue weighted by Crippen LogP contribution is -2.43. The minimum absolute atomic E-state index is 0.342. The highest BCUT2D eigenvalue weighted by atomic mass is 35.5. The predicted octanol–water partition coefficient (Wildman–Crippen LogP) is 5.28. The Morgan fingerprint density at radius 3 is 2.45 bits per heavy atom. The van der Waals surface area contributed by atoms with Crippen molar-refractivity contribution in [2.45, 2.75) is 32.7 Å². The van der Waals surface area contributed by atoms with Crippen molar-refractivity contribution in [2.75, 3.05) is 37.8 Å². The van der Waals surface area contributed by atoms with E-state index in [1.807, 2.05) is 40.9 Å². The SMILES string of the molecule is CN(C)CCCNc1nc(NC(=O)NC(C)(C)C)c2cc(-c3c(Cl)cccc3Cl)cnc2n1. The number of aromatic nitrogens is 3. The van der Waals surface area contributed by atoms with E-state index in [2.05, 4.69) is 35.8 Å². The summed E-state index contributed by atoms with van der Waals surface area (Å²) < 4.78 is 0. The number of nitrogens with zero attached hydrogens (tertiary/aromatic N) is 4. The van der Waals surface area contributed by atoms with E-state index in [0.717, 1.165) is 13.0 Å². The second-order valence-corrected chi connectivity index (χ2v) is 9.81. The summed E-state index contributed by atoms with van der Waals surface area (Å²) in [6.45, 7) is 7.33. The van der Waals surface area contributed by atoms with Gasteiger partial charge in [-0.15, -0.1) is 0 Å². The number of halogens is 2. The second kappa shape index (κ2) is 10.5. The zero-order valence-electron chi connectivity index (χ0n) is 19.5. The molecule has 0 spiro atoms. The maximum Gasteiger partial charge on any atom is 0.320 e. The normalized spacial score (nSPS) is 11.6. The molecule has 33 heavy (non-hydrogen) atoms. The number of urea groups is 1. The van der Waals surface area contributed by atoms with Crippen LogP contribution in [0.5, 0.6) is 0 Å². The zero-order chi connectivity index (χ0) is 24.2. The smallest absolute Gasteiger partial charge is 0.320 e. The minimum Gasteiger partial charge on any atom is -0.354 e. The van der Waals surface area contributed by atoms with Gasteiger partial charge in [-0.3, -0.25) is 5.32 Å². The van der Waals surface area contributed by atoms with E-state index in [-0.39, 0.29) is 6.03 Å². The number of hydrogen-bond acceptors (Lipinski definition) is 6. The number of pyridine rings is 1. The molecule has 0 bridgehead atoms. The number of fused-ring (bicyclic) bond motifs is 1. The van der Waals surface area contributed by atoms with Gasteiger partial charge < -0.3 is 15.5 Å². The van der Waals surface area contributed by atoms with Gasteiger partial charge >= 0.3 is 6.03 Å². The Hall–Kier alpha value is -2.68. The molecule has 0 atom stereocenters. The lowest BCUT2D eigenvalue weighted by molar-refractivity contribution is 0.243. The number of rotatable bonds is 7. The third-order valence-electron chi connectivity index (χ3n) is 4.59. The van der Waals surface area contributed by atoms with Crippen LogP contribution in [0.2, 0.25) is 10.0 Å². The molecule has 10 heteroatoms. The van der Waals surface area contributed by atoms with Crippen LogP contribution in [0.25, 0.3) is 22.2 Å². The molecular weight excluding hydrogens is 461 g/mol. The maximum atomic E-state index is 12.6. The molecule has 2 amide bonds. The molecule has 8 nitrogen and oxygen atoms in total. The van der Waals surface area contributed by atoms with E-state index >= 15 is 0 Å². The van der Waals surface area contributed by atoms with Gasteiger partial charge in [-0.25, -0.2) is 9.78 Å². The fourth-order valence-electron chi connectivity index (χ4n) is 3.17. The van der Waals surface area contributed by atoms with Crippen molar-refractivity contribution in [3.63, 3.8) is 0 Å². The van der Waals surface area contributed by atoms with E-state index in [1.165, 1.54) is 0 Å². The number of hydrogen-bond donors (Lipinski definition) is 3. The lowest BCUT2D eigenvalue weighted by atomic mass is 10.1. The van der Waals surface area contributed by atoms with Crippen LogP contribution in [0.1, 0.15) is 27.2 Å². The summed E-state index contributed by atoms with van der Waals surface area (Å²) >= 11 is 12.8. The van der Waals surface area contributed by atoms with Gasteiger partial charge in [0.15, 0.2) is 5.65 Å². The first-order chi connectivity index (χ1) is 15.5. The van der Waals surface area contributed by atoms with Crippen LogP contribution in [-0.4, -0.2) is 58.6 Å². The molecule has 176 valence electrons. The molecule has 0 saturated heterocycles. The molecule has 0 saturated carbocycles. The molecule has 0 aliphatic heterocycles. The van der Waals surface area contributed by atoms with Crippen LogP contribution in [0, 0.1) is 0 Å². The summed E-state index contributed by atoms with van der Waals surface area (Å²) in [6.07, 6.45) is 2.58. The van der Waals surface area contributed by atoms with Crippen LogP contribution in [0.15, 0.2) is 30.5 Å². The van der Waals surface area contributed by atoms with Gasteiger partial charge in [0.2, 0.25) is 5.95 Å². The first kappa shape index (κ1) is 25.0. The Kier molecular flexibility index (Phi) is 7.94. The third kappa shape index (κ3) is 6.90. The van der Waals surface area contributed by atoms with Crippen molar-refractivity contribution in [1.82, 2.24) is 25.2 Å². The Morgan fingerprint density at radius 2 is 1.82 bits per heavy atom. The predicted molar refractivity (Wildman–Crippen MR) is 136 cm³/mol. The van der Waals surface area contributed by atoms with Crippen molar-refractivity contribution in [3.05, 3.63) is 40.5 Å². The lowest BCUT2D eigenvalue weighted by Gasteiger charge is -2.21. The third-order valence-corrected chi connectivity index (χ3v) is 5.22. The molecule has 3 aromatic rings. The van der Waals surface area contributed by atoms with Crippen molar-refractivity contribution < 1.29 is 4.79 Å². The molecule has 0 aliphatic carbocycles. The van der Waals surface area contributed by atoms with Crippen molar-refractivity contribution in [3.8, 4) is 11.1 Å². The number of anilines is 2. The summed E-state index contributed by atoms with van der Waals surface area (Å²) in [5, 5.41) is 10.5. The van der Waals surface area contributed by atoms with Crippen LogP contribution in [0.4, 0.5) is 16.6 Å². The molecule has 1 aromatic carbocycles. The van der Waals surface area contributed by atoms with E-state index in [0.29, 0.717) is 50.5 Å². The first-order valence-corrected chi connectivity index (χ1v) is 11.4. The molecule has 3 N–H and O–H groups in total. The van der Waals surface area contributed by atoms with Crippen LogP contribution in [-0.2, 0) is 0 Å². The Balaban J connectivity index is 2.01. The molecule has 0 fully saturated rings. The average Bonchev–Trinajstić information content (AvgIpc) is 2.70. The number of benzene rings is 1. The molecule has 0 aliphatic rings. The van der Waals surface area contributed by atoms with E-state index in [9.17, 15) is 4.79 Å². The summed E-state index contributed by atoms with van der Waals surface area (Å²) in [7, 11) is 4.05. The quantitative estimate of drug-likeness (QED) is 0.390. The monoisotopic (exact) mass is 489 g/mol. The van der Waals surface area contributed by atoms with Gasteiger partial charge in [0, 0.05) is 39.5 Å². The fraction of sp³-hybridized carbons (Fsp3) is 0.391. The van der Waals surface area contributed by atoms with Crippen LogP contribution >= 0.6 is 23.2 Å². The van der Waals surface area contributed by atoms with Crippen molar-refractivity contribution in [2.24, 2.45) is 0 Å². The molecule has 0 unspecified atom stereocenters. The van der Waals surface area contributed by atoms with Gasteiger partial charge in [0.05, 0.1) is 5.39 Å². The van der Waals surface area contributed by atoms with Crippen molar-refractivity contribution >= 4 is 52.0 Å². The zero-order valence-corrected chi connectivity index (χ0v) is 21.0.